The van der Waals surface area contributed by atoms with Crippen molar-refractivity contribution in [1.82, 2.24) is 10.6 Å². The van der Waals surface area contributed by atoms with Crippen molar-refractivity contribution in [1.29, 1.82) is 0 Å². The predicted octanol–water partition coefficient (Wildman–Crippen LogP) is 2.60. The van der Waals surface area contributed by atoms with Crippen LogP contribution < -0.4 is 10.6 Å². The zero-order valence-electron chi connectivity index (χ0n) is 14.1. The highest BCUT2D eigenvalue weighted by molar-refractivity contribution is 5.78. The Hall–Kier alpha value is -2.31. The van der Waals surface area contributed by atoms with Crippen molar-refractivity contribution >= 4 is 5.91 Å². The first-order chi connectivity index (χ1) is 12.1. The molecule has 0 saturated carbocycles. The molecule has 0 aliphatic rings. The van der Waals surface area contributed by atoms with Crippen LogP contribution in [0.3, 0.4) is 0 Å². The monoisotopic (exact) mass is 348 g/mol. The van der Waals surface area contributed by atoms with Gasteiger partial charge in [-0.1, -0.05) is 24.3 Å². The molecule has 0 spiro atoms. The Morgan fingerprint density at radius 3 is 2.52 bits per heavy atom. The van der Waals surface area contributed by atoms with Gasteiger partial charge in [-0.3, -0.25) is 4.79 Å². The molecule has 0 radical (unpaired) electrons. The second-order valence-electron chi connectivity index (χ2n) is 5.68. The molecule has 2 aromatic rings. The number of nitrogens with one attached hydrogen (secondary N) is 2. The molecule has 2 aromatic carbocycles. The van der Waals surface area contributed by atoms with Crippen molar-refractivity contribution in [2.24, 2.45) is 0 Å². The highest BCUT2D eigenvalue weighted by atomic mass is 19.1. The van der Waals surface area contributed by atoms with Crippen molar-refractivity contribution in [3.8, 4) is 0 Å². The summed E-state index contributed by atoms with van der Waals surface area (Å²) in [5, 5.41) is 5.83. The first-order valence-corrected chi connectivity index (χ1v) is 8.07. The fourth-order valence-corrected chi connectivity index (χ4v) is 2.50. The zero-order valence-corrected chi connectivity index (χ0v) is 14.1. The predicted molar refractivity (Wildman–Crippen MR) is 92.1 cm³/mol. The fourth-order valence-electron chi connectivity index (χ4n) is 2.50. The molecule has 0 heterocycles. The number of ether oxygens (including phenoxy) is 1. The van der Waals surface area contributed by atoms with Crippen LogP contribution in [0.4, 0.5) is 8.78 Å². The minimum Gasteiger partial charge on any atom is -0.383 e. The van der Waals surface area contributed by atoms with Gasteiger partial charge in [-0.2, -0.15) is 0 Å². The third-order valence-corrected chi connectivity index (χ3v) is 3.68. The lowest BCUT2D eigenvalue weighted by molar-refractivity contribution is -0.121. The second kappa shape index (κ2) is 9.86. The number of hydrogen-bond donors (Lipinski definition) is 2. The quantitative estimate of drug-likeness (QED) is 0.685. The summed E-state index contributed by atoms with van der Waals surface area (Å²) in [4.78, 5) is 12.1. The van der Waals surface area contributed by atoms with Gasteiger partial charge in [0.1, 0.15) is 11.6 Å². The van der Waals surface area contributed by atoms with E-state index in [9.17, 15) is 13.6 Å². The second-order valence-corrected chi connectivity index (χ2v) is 5.68. The lowest BCUT2D eigenvalue weighted by Crippen LogP contribution is -2.38. The van der Waals surface area contributed by atoms with E-state index in [0.29, 0.717) is 25.1 Å². The van der Waals surface area contributed by atoms with Crippen LogP contribution in [0.2, 0.25) is 0 Å². The van der Waals surface area contributed by atoms with Gasteiger partial charge in [-0.25, -0.2) is 8.78 Å². The average molecular weight is 348 g/mol. The molecule has 1 amide bonds. The van der Waals surface area contributed by atoms with Crippen LogP contribution in [0.5, 0.6) is 0 Å². The van der Waals surface area contributed by atoms with E-state index in [0.717, 1.165) is 5.56 Å². The van der Waals surface area contributed by atoms with Gasteiger partial charge in [0.2, 0.25) is 5.91 Å². The number of amides is 1. The van der Waals surface area contributed by atoms with Crippen LogP contribution >= 0.6 is 0 Å². The SMILES string of the molecule is COCCNCC(=O)NC(Cc1cccc(F)c1)c1cccc(F)c1. The number of carbonyl (C=O) groups is 1. The number of benzene rings is 2. The Morgan fingerprint density at radius 1 is 1.12 bits per heavy atom. The molecular weight excluding hydrogens is 326 g/mol. The van der Waals surface area contributed by atoms with E-state index in [1.165, 1.54) is 24.3 Å². The molecule has 25 heavy (non-hydrogen) atoms. The number of methoxy groups -OCH3 is 1. The summed E-state index contributed by atoms with van der Waals surface area (Å²) >= 11 is 0. The van der Waals surface area contributed by atoms with Crippen LogP contribution in [0.15, 0.2) is 48.5 Å². The Labute approximate surface area is 146 Å². The summed E-state index contributed by atoms with van der Waals surface area (Å²) in [7, 11) is 1.58. The maximum Gasteiger partial charge on any atom is 0.234 e. The molecule has 0 aliphatic carbocycles. The molecule has 6 heteroatoms. The fraction of sp³-hybridized carbons (Fsp3) is 0.316. The van der Waals surface area contributed by atoms with Crippen molar-refractivity contribution in [2.75, 3.05) is 26.8 Å². The average Bonchev–Trinajstić information content (AvgIpc) is 2.58. The lowest BCUT2D eigenvalue weighted by atomic mass is 9.98. The normalized spacial score (nSPS) is 12.0. The summed E-state index contributed by atoms with van der Waals surface area (Å²) in [5.74, 6) is -0.945. The van der Waals surface area contributed by atoms with Crippen LogP contribution in [0, 0.1) is 11.6 Å². The Balaban J connectivity index is 2.08. The molecular formula is C19H22F2N2O2. The lowest BCUT2D eigenvalue weighted by Gasteiger charge is -2.20. The van der Waals surface area contributed by atoms with Crippen LogP contribution in [-0.2, 0) is 16.0 Å². The smallest absolute Gasteiger partial charge is 0.234 e. The van der Waals surface area contributed by atoms with Crippen molar-refractivity contribution < 1.29 is 18.3 Å². The Bertz CT molecular complexity index is 695. The summed E-state index contributed by atoms with van der Waals surface area (Å²) in [6.45, 7) is 1.18. The maximum atomic E-state index is 13.6. The molecule has 0 saturated heterocycles. The molecule has 2 rings (SSSR count). The third-order valence-electron chi connectivity index (χ3n) is 3.68. The van der Waals surface area contributed by atoms with E-state index in [1.54, 1.807) is 31.4 Å². The van der Waals surface area contributed by atoms with Gasteiger partial charge in [0.05, 0.1) is 19.2 Å². The number of carbonyl (C=O) groups excluding carboxylic acids is 1. The third kappa shape index (κ3) is 6.60. The largest absolute Gasteiger partial charge is 0.383 e. The van der Waals surface area contributed by atoms with Gasteiger partial charge in [0.25, 0.3) is 0 Å². The van der Waals surface area contributed by atoms with E-state index in [2.05, 4.69) is 10.6 Å². The van der Waals surface area contributed by atoms with Gasteiger partial charge in [0, 0.05) is 13.7 Å². The number of hydrogen-bond acceptors (Lipinski definition) is 3. The number of halogens is 2. The maximum absolute atomic E-state index is 13.6. The van der Waals surface area contributed by atoms with Crippen molar-refractivity contribution in [3.63, 3.8) is 0 Å². The minimum absolute atomic E-state index is 0.123. The molecule has 0 bridgehead atoms. The van der Waals surface area contributed by atoms with Gasteiger partial charge in [0.15, 0.2) is 0 Å². The molecule has 134 valence electrons. The van der Waals surface area contributed by atoms with Gasteiger partial charge >= 0.3 is 0 Å². The van der Waals surface area contributed by atoms with E-state index >= 15 is 0 Å². The van der Waals surface area contributed by atoms with Crippen LogP contribution in [-0.4, -0.2) is 32.7 Å². The highest BCUT2D eigenvalue weighted by Gasteiger charge is 2.16. The van der Waals surface area contributed by atoms with Crippen molar-refractivity contribution in [3.05, 3.63) is 71.3 Å². The first-order valence-electron chi connectivity index (χ1n) is 8.07. The highest BCUT2D eigenvalue weighted by Crippen LogP contribution is 2.20. The zero-order chi connectivity index (χ0) is 18.1. The molecule has 1 atom stereocenters. The topological polar surface area (TPSA) is 50.4 Å². The van der Waals surface area contributed by atoms with E-state index in [-0.39, 0.29) is 24.1 Å². The molecule has 0 aromatic heterocycles. The van der Waals surface area contributed by atoms with Gasteiger partial charge in [-0.05, 0) is 41.8 Å². The van der Waals surface area contributed by atoms with Crippen LogP contribution in [0.25, 0.3) is 0 Å². The standard InChI is InChI=1S/C19H22F2N2O2/c1-25-9-8-22-13-19(24)23-18(15-5-3-7-17(21)12-15)11-14-4-2-6-16(20)10-14/h2-7,10,12,18,22H,8-9,11,13H2,1H3,(H,23,24). The Morgan fingerprint density at radius 2 is 1.84 bits per heavy atom. The number of rotatable bonds is 9. The van der Waals surface area contributed by atoms with Crippen molar-refractivity contribution in [2.45, 2.75) is 12.5 Å². The summed E-state index contributed by atoms with van der Waals surface area (Å²) in [5.41, 5.74) is 1.36. The van der Waals surface area contributed by atoms with Gasteiger partial charge in [-0.15, -0.1) is 0 Å². The molecule has 0 fully saturated rings. The van der Waals surface area contributed by atoms with Gasteiger partial charge < -0.3 is 15.4 Å². The minimum atomic E-state index is -0.450. The van der Waals surface area contributed by atoms with E-state index < -0.39 is 6.04 Å². The summed E-state index contributed by atoms with van der Waals surface area (Å²) < 4.78 is 31.9. The first kappa shape index (κ1) is 19.0. The molecule has 2 N–H and O–H groups in total. The molecule has 1 unspecified atom stereocenters. The Kier molecular flexibility index (Phi) is 7.50. The van der Waals surface area contributed by atoms with Crippen LogP contribution in [0.1, 0.15) is 17.2 Å². The molecule has 0 aliphatic heterocycles. The summed E-state index contributed by atoms with van der Waals surface area (Å²) in [6.07, 6.45) is 0.366. The van der Waals surface area contributed by atoms with E-state index in [1.807, 2.05) is 0 Å². The van der Waals surface area contributed by atoms with E-state index in [4.69, 9.17) is 4.74 Å². The summed E-state index contributed by atoms with van der Waals surface area (Å²) in [6, 6.07) is 11.8. The molecule has 4 nitrogen and oxygen atoms in total.